The van der Waals surface area contributed by atoms with Crippen molar-refractivity contribution in [1.82, 2.24) is 20.5 Å². The number of nitrogens with one attached hydrogen (secondary N) is 1. The molecule has 2 aromatic heterocycles. The van der Waals surface area contributed by atoms with Crippen molar-refractivity contribution < 1.29 is 36.3 Å². The number of piperidine rings is 1. The van der Waals surface area contributed by atoms with Gasteiger partial charge in [0.05, 0.1) is 12.7 Å². The van der Waals surface area contributed by atoms with Gasteiger partial charge in [0.2, 0.25) is 18.2 Å². The summed E-state index contributed by atoms with van der Waals surface area (Å²) in [6.07, 6.45) is 4.81. The van der Waals surface area contributed by atoms with Crippen LogP contribution in [-0.2, 0) is 21.4 Å². The highest BCUT2D eigenvalue weighted by molar-refractivity contribution is 6.04. The summed E-state index contributed by atoms with van der Waals surface area (Å²) >= 11 is 0. The van der Waals surface area contributed by atoms with Gasteiger partial charge in [-0.05, 0) is 71.6 Å². The van der Waals surface area contributed by atoms with E-state index in [4.69, 9.17) is 9.15 Å². The Morgan fingerprint density at radius 3 is 2.61 bits per heavy atom. The standard InChI is InChI=1S/C35H32F4N6O4/c1-20(36)34(47)45-10-11-48-30-16-31(40-18-29(30)45)44-8-6-35(7-9-44)17-22(24-4-3-23(37)15-25(24)35)14-32(46)42-28(33-43-41-19-49-33)13-21-2-5-26(38)27(39)12-21/h2-5,12,15-16,18-19,22,28H,1,6-11,13-14,17H2,(H,42,46)/t22-,28-/m1/s1. The Bertz CT molecular complexity index is 1910. The maximum absolute atomic E-state index is 14.7. The molecule has 10 nitrogen and oxygen atoms in total. The van der Waals surface area contributed by atoms with Crippen LogP contribution in [0.5, 0.6) is 5.75 Å². The van der Waals surface area contributed by atoms with Crippen molar-refractivity contribution in [1.29, 1.82) is 0 Å². The SMILES string of the molecule is C=C(F)C(=O)N1CCOc2cc(N3CCC4(CC3)C[C@@H](CC(=O)N[C@H](Cc3ccc(F)c(F)c3)c3nnco3)c3ccc(F)cc34)ncc21. The van der Waals surface area contributed by atoms with Gasteiger partial charge in [-0.2, -0.15) is 0 Å². The van der Waals surface area contributed by atoms with E-state index >= 15 is 0 Å². The van der Waals surface area contributed by atoms with Crippen molar-refractivity contribution in [3.8, 4) is 5.75 Å². The molecule has 254 valence electrons. The summed E-state index contributed by atoms with van der Waals surface area (Å²) < 4.78 is 66.9. The molecule has 2 atom stereocenters. The zero-order valence-electron chi connectivity index (χ0n) is 26.3. The van der Waals surface area contributed by atoms with Crippen LogP contribution in [0.15, 0.2) is 71.9 Å². The summed E-state index contributed by atoms with van der Waals surface area (Å²) in [6.45, 7) is 4.69. The van der Waals surface area contributed by atoms with E-state index in [0.29, 0.717) is 55.2 Å². The summed E-state index contributed by atoms with van der Waals surface area (Å²) in [7, 11) is 0. The summed E-state index contributed by atoms with van der Waals surface area (Å²) in [5.41, 5.74) is 2.25. The topological polar surface area (TPSA) is 114 Å². The first-order valence-corrected chi connectivity index (χ1v) is 15.9. The molecule has 2 amide bonds. The number of fused-ring (bicyclic) bond motifs is 3. The highest BCUT2D eigenvalue weighted by Crippen LogP contribution is 2.53. The van der Waals surface area contributed by atoms with Crippen LogP contribution in [0.3, 0.4) is 0 Å². The largest absolute Gasteiger partial charge is 0.489 e. The van der Waals surface area contributed by atoms with Gasteiger partial charge in [0.25, 0.3) is 5.91 Å². The average molecular weight is 677 g/mol. The van der Waals surface area contributed by atoms with Crippen LogP contribution in [0.1, 0.15) is 60.2 Å². The van der Waals surface area contributed by atoms with Gasteiger partial charge in [0.1, 0.15) is 35.7 Å². The third-order valence-electron chi connectivity index (χ3n) is 9.75. The molecule has 1 aliphatic carbocycles. The quantitative estimate of drug-likeness (QED) is 0.190. The highest BCUT2D eigenvalue weighted by atomic mass is 19.2. The Labute approximate surface area is 278 Å². The molecular formula is C35H32F4N6O4. The zero-order chi connectivity index (χ0) is 34.3. The maximum Gasteiger partial charge on any atom is 0.286 e. The maximum atomic E-state index is 14.7. The van der Waals surface area contributed by atoms with Crippen molar-refractivity contribution in [3.05, 3.63) is 107 Å². The summed E-state index contributed by atoms with van der Waals surface area (Å²) in [5.74, 6) is -3.52. The molecule has 7 rings (SSSR count). The first-order chi connectivity index (χ1) is 23.6. The van der Waals surface area contributed by atoms with Gasteiger partial charge in [-0.15, -0.1) is 10.2 Å². The molecule has 1 N–H and O–H groups in total. The first-order valence-electron chi connectivity index (χ1n) is 15.9. The summed E-state index contributed by atoms with van der Waals surface area (Å²) in [6, 6.07) is 9.21. The predicted molar refractivity (Wildman–Crippen MR) is 169 cm³/mol. The van der Waals surface area contributed by atoms with Crippen LogP contribution in [0.25, 0.3) is 0 Å². The molecule has 0 unspecified atom stereocenters. The molecule has 2 aliphatic heterocycles. The van der Waals surface area contributed by atoms with E-state index in [1.807, 2.05) is 0 Å². The lowest BCUT2D eigenvalue weighted by atomic mass is 9.73. The van der Waals surface area contributed by atoms with Crippen LogP contribution in [0.4, 0.5) is 29.1 Å². The van der Waals surface area contributed by atoms with Crippen molar-refractivity contribution in [2.45, 2.75) is 49.5 Å². The number of anilines is 2. The molecule has 4 aromatic rings. The fourth-order valence-corrected chi connectivity index (χ4v) is 7.40. The molecule has 0 saturated carbocycles. The van der Waals surface area contributed by atoms with Gasteiger partial charge >= 0.3 is 0 Å². The van der Waals surface area contributed by atoms with E-state index in [1.54, 1.807) is 18.2 Å². The Kier molecular flexibility index (Phi) is 8.55. The Morgan fingerprint density at radius 2 is 1.88 bits per heavy atom. The number of carbonyl (C=O) groups is 2. The Balaban J connectivity index is 1.06. The molecule has 0 bridgehead atoms. The Morgan fingerprint density at radius 1 is 1.06 bits per heavy atom. The van der Waals surface area contributed by atoms with Crippen molar-refractivity contribution in [3.63, 3.8) is 0 Å². The second-order valence-corrected chi connectivity index (χ2v) is 12.7. The monoisotopic (exact) mass is 676 g/mol. The Hall–Kier alpha value is -5.27. The number of hydrogen-bond acceptors (Lipinski definition) is 8. The van der Waals surface area contributed by atoms with E-state index in [2.05, 4.69) is 32.0 Å². The highest BCUT2D eigenvalue weighted by Gasteiger charge is 2.46. The van der Waals surface area contributed by atoms with Gasteiger partial charge in [-0.1, -0.05) is 18.7 Å². The van der Waals surface area contributed by atoms with Gasteiger partial charge in [0.15, 0.2) is 17.5 Å². The number of amides is 2. The number of aromatic nitrogens is 3. The minimum atomic E-state index is -1.06. The fraction of sp³-hybridized carbons (Fsp3) is 0.343. The van der Waals surface area contributed by atoms with Gasteiger partial charge in [-0.3, -0.25) is 14.5 Å². The summed E-state index contributed by atoms with van der Waals surface area (Å²) in [4.78, 5) is 33.7. The van der Waals surface area contributed by atoms with Gasteiger partial charge in [0, 0.05) is 32.0 Å². The second-order valence-electron chi connectivity index (χ2n) is 12.7. The third kappa shape index (κ3) is 6.34. The van der Waals surface area contributed by atoms with E-state index < -0.39 is 29.4 Å². The molecular weight excluding hydrogens is 644 g/mol. The number of nitrogens with zero attached hydrogens (tertiary/aromatic N) is 5. The summed E-state index contributed by atoms with van der Waals surface area (Å²) in [5, 5.41) is 10.6. The van der Waals surface area contributed by atoms with Crippen LogP contribution in [0, 0.1) is 17.5 Å². The molecule has 1 fully saturated rings. The van der Waals surface area contributed by atoms with E-state index in [1.165, 1.54) is 23.2 Å². The minimum Gasteiger partial charge on any atom is -0.489 e. The lowest BCUT2D eigenvalue weighted by Crippen LogP contribution is -2.42. The predicted octanol–water partition coefficient (Wildman–Crippen LogP) is 5.61. The molecule has 1 spiro atoms. The molecule has 4 heterocycles. The van der Waals surface area contributed by atoms with Gasteiger partial charge in [-0.25, -0.2) is 22.5 Å². The number of hydrogen-bond donors (Lipinski definition) is 1. The van der Waals surface area contributed by atoms with Crippen LogP contribution in [0.2, 0.25) is 0 Å². The molecule has 2 aromatic carbocycles. The van der Waals surface area contributed by atoms with Crippen molar-refractivity contribution in [2.75, 3.05) is 36.0 Å². The molecule has 3 aliphatic rings. The lowest BCUT2D eigenvalue weighted by molar-refractivity contribution is -0.122. The fourth-order valence-electron chi connectivity index (χ4n) is 7.40. The third-order valence-corrected chi connectivity index (χ3v) is 9.75. The number of halogens is 4. The lowest BCUT2D eigenvalue weighted by Gasteiger charge is -2.41. The van der Waals surface area contributed by atoms with Gasteiger partial charge < -0.3 is 19.4 Å². The zero-order valence-corrected chi connectivity index (χ0v) is 26.3. The van der Waals surface area contributed by atoms with Crippen LogP contribution in [-0.4, -0.2) is 53.2 Å². The molecule has 49 heavy (non-hydrogen) atoms. The van der Waals surface area contributed by atoms with E-state index in [-0.39, 0.29) is 54.9 Å². The van der Waals surface area contributed by atoms with Crippen LogP contribution >= 0.6 is 0 Å². The second kappa shape index (κ2) is 13.0. The number of pyridine rings is 1. The smallest absolute Gasteiger partial charge is 0.286 e. The normalized spacial score (nSPS) is 18.4. The number of ether oxygens (including phenoxy) is 1. The van der Waals surface area contributed by atoms with E-state index in [0.717, 1.165) is 29.7 Å². The molecule has 14 heteroatoms. The molecule has 1 saturated heterocycles. The number of carbonyl (C=O) groups excluding carboxylic acids is 2. The van der Waals surface area contributed by atoms with Crippen LogP contribution < -0.4 is 19.9 Å². The number of benzene rings is 2. The van der Waals surface area contributed by atoms with Crippen molar-refractivity contribution in [2.24, 2.45) is 0 Å². The minimum absolute atomic E-state index is 0.0959. The molecule has 0 radical (unpaired) electrons. The number of rotatable bonds is 8. The average Bonchev–Trinajstić information content (AvgIpc) is 3.73. The first kappa shape index (κ1) is 32.3. The van der Waals surface area contributed by atoms with Crippen molar-refractivity contribution >= 4 is 23.3 Å². The van der Waals surface area contributed by atoms with E-state index in [9.17, 15) is 27.2 Å².